The molecule has 68 valence electrons. The lowest BCUT2D eigenvalue weighted by Crippen LogP contribution is -1.85. The van der Waals surface area contributed by atoms with Crippen LogP contribution in [0.4, 0.5) is 0 Å². The Morgan fingerprint density at radius 3 is 2.77 bits per heavy atom. The van der Waals surface area contributed by atoms with Crippen molar-refractivity contribution in [2.75, 3.05) is 6.26 Å². The van der Waals surface area contributed by atoms with Gasteiger partial charge in [0.25, 0.3) is 0 Å². The van der Waals surface area contributed by atoms with Crippen LogP contribution < -0.4 is 0 Å². The number of benzene rings is 1. The van der Waals surface area contributed by atoms with Crippen molar-refractivity contribution in [3.05, 3.63) is 35.9 Å². The zero-order chi connectivity index (χ0) is 9.26. The van der Waals surface area contributed by atoms with Crippen molar-refractivity contribution in [2.45, 2.75) is 23.7 Å². The van der Waals surface area contributed by atoms with Gasteiger partial charge in [-0.05, 0) is 42.2 Å². The Morgan fingerprint density at radius 2 is 2.23 bits per heavy atom. The highest BCUT2D eigenvalue weighted by molar-refractivity contribution is 7.98. The Morgan fingerprint density at radius 1 is 1.46 bits per heavy atom. The van der Waals surface area contributed by atoms with Crippen molar-refractivity contribution in [2.24, 2.45) is 0 Å². The summed E-state index contributed by atoms with van der Waals surface area (Å²) in [6.45, 7) is 3.80. The number of thioether (sulfide) groups is 1. The van der Waals surface area contributed by atoms with Gasteiger partial charge in [-0.25, -0.2) is 0 Å². The third-order valence-electron chi connectivity index (χ3n) is 2.51. The summed E-state index contributed by atoms with van der Waals surface area (Å²) >= 11 is 1.85. The van der Waals surface area contributed by atoms with Gasteiger partial charge in [0.1, 0.15) is 0 Å². The van der Waals surface area contributed by atoms with E-state index in [1.807, 2.05) is 17.8 Å². The normalized spacial score (nSPS) is 15.8. The molecule has 13 heavy (non-hydrogen) atoms. The maximum absolute atomic E-state index is 3.80. The molecule has 0 nitrogen and oxygen atoms in total. The highest BCUT2D eigenvalue weighted by Crippen LogP contribution is 2.44. The predicted molar refractivity (Wildman–Crippen MR) is 60.3 cm³/mol. The molecule has 0 saturated heterocycles. The molecule has 1 aliphatic carbocycles. The second-order valence-corrected chi connectivity index (χ2v) is 4.33. The van der Waals surface area contributed by atoms with Gasteiger partial charge in [0.05, 0.1) is 0 Å². The molecule has 2 rings (SSSR count). The van der Waals surface area contributed by atoms with Gasteiger partial charge in [0, 0.05) is 4.90 Å². The van der Waals surface area contributed by atoms with Gasteiger partial charge >= 0.3 is 0 Å². The molecule has 0 aromatic heterocycles. The monoisotopic (exact) mass is 190 g/mol. The maximum atomic E-state index is 3.80. The predicted octanol–water partition coefficient (Wildman–Crippen LogP) is 3.93. The highest BCUT2D eigenvalue weighted by Gasteiger charge is 2.25. The first kappa shape index (κ1) is 8.89. The average Bonchev–Trinajstić information content (AvgIpc) is 3.00. The second kappa shape index (κ2) is 3.59. The first-order valence-electron chi connectivity index (χ1n) is 4.65. The Balaban J connectivity index is 2.40. The van der Waals surface area contributed by atoms with Crippen molar-refractivity contribution >= 4 is 17.8 Å². The quantitative estimate of drug-likeness (QED) is 0.651. The molecule has 0 unspecified atom stereocenters. The molecule has 0 spiro atoms. The van der Waals surface area contributed by atoms with Crippen LogP contribution in [0.3, 0.4) is 0 Å². The summed E-state index contributed by atoms with van der Waals surface area (Å²) in [6, 6.07) is 6.65. The Bertz CT molecular complexity index is 324. The van der Waals surface area contributed by atoms with Gasteiger partial charge in [-0.2, -0.15) is 0 Å². The highest BCUT2D eigenvalue weighted by atomic mass is 32.2. The van der Waals surface area contributed by atoms with E-state index >= 15 is 0 Å². The lowest BCUT2D eigenvalue weighted by atomic mass is 10.1. The van der Waals surface area contributed by atoms with E-state index in [1.165, 1.54) is 28.9 Å². The van der Waals surface area contributed by atoms with Crippen LogP contribution in [0.25, 0.3) is 6.08 Å². The van der Waals surface area contributed by atoms with E-state index in [2.05, 4.69) is 31.0 Å². The van der Waals surface area contributed by atoms with Crippen LogP contribution in [-0.2, 0) is 0 Å². The van der Waals surface area contributed by atoms with Gasteiger partial charge in [0.15, 0.2) is 0 Å². The molecular weight excluding hydrogens is 176 g/mol. The Kier molecular flexibility index (Phi) is 2.45. The molecule has 1 fully saturated rings. The van der Waals surface area contributed by atoms with E-state index < -0.39 is 0 Å². The minimum absolute atomic E-state index is 0.836. The van der Waals surface area contributed by atoms with Crippen LogP contribution in [-0.4, -0.2) is 6.26 Å². The van der Waals surface area contributed by atoms with Crippen LogP contribution in [0.1, 0.15) is 29.9 Å². The molecule has 1 saturated carbocycles. The van der Waals surface area contributed by atoms with Crippen molar-refractivity contribution in [1.82, 2.24) is 0 Å². The van der Waals surface area contributed by atoms with Crippen LogP contribution >= 0.6 is 11.8 Å². The fraction of sp³-hybridized carbons (Fsp3) is 0.333. The van der Waals surface area contributed by atoms with Crippen molar-refractivity contribution in [3.8, 4) is 0 Å². The second-order valence-electron chi connectivity index (χ2n) is 3.48. The molecule has 1 aromatic rings. The van der Waals surface area contributed by atoms with E-state index in [9.17, 15) is 0 Å². The van der Waals surface area contributed by atoms with E-state index in [4.69, 9.17) is 0 Å². The molecule has 0 N–H and O–H groups in total. The first-order chi connectivity index (χ1) is 6.35. The van der Waals surface area contributed by atoms with E-state index in [-0.39, 0.29) is 0 Å². The standard InChI is InChI=1S/C12H14S/c1-3-9-4-7-12(13-2)11(8-9)10-5-6-10/h3-4,7-8,10H,1,5-6H2,2H3. The van der Waals surface area contributed by atoms with Crippen LogP contribution in [0.15, 0.2) is 29.7 Å². The lowest BCUT2D eigenvalue weighted by Gasteiger charge is -2.06. The molecule has 0 bridgehead atoms. The minimum atomic E-state index is 0.836. The average molecular weight is 190 g/mol. The summed E-state index contributed by atoms with van der Waals surface area (Å²) < 4.78 is 0. The molecule has 0 heterocycles. The first-order valence-corrected chi connectivity index (χ1v) is 5.88. The van der Waals surface area contributed by atoms with E-state index in [0.29, 0.717) is 0 Å². The maximum Gasteiger partial charge on any atom is 0.0104 e. The summed E-state index contributed by atoms with van der Waals surface area (Å²) in [7, 11) is 0. The van der Waals surface area contributed by atoms with Gasteiger partial charge in [0.2, 0.25) is 0 Å². The summed E-state index contributed by atoms with van der Waals surface area (Å²) in [5.74, 6) is 0.836. The molecule has 1 aliphatic rings. The third kappa shape index (κ3) is 1.80. The van der Waals surface area contributed by atoms with Crippen LogP contribution in [0.5, 0.6) is 0 Å². The number of rotatable bonds is 3. The van der Waals surface area contributed by atoms with Gasteiger partial charge in [-0.15, -0.1) is 11.8 Å². The molecule has 0 atom stereocenters. The number of hydrogen-bond donors (Lipinski definition) is 0. The fourth-order valence-electron chi connectivity index (χ4n) is 1.59. The third-order valence-corrected chi connectivity index (χ3v) is 3.32. The van der Waals surface area contributed by atoms with Crippen molar-refractivity contribution in [3.63, 3.8) is 0 Å². The zero-order valence-electron chi connectivity index (χ0n) is 7.92. The summed E-state index contributed by atoms with van der Waals surface area (Å²) in [5.41, 5.74) is 2.78. The summed E-state index contributed by atoms with van der Waals surface area (Å²) in [4.78, 5) is 1.44. The molecule has 0 radical (unpaired) electrons. The number of hydrogen-bond acceptors (Lipinski definition) is 1. The minimum Gasteiger partial charge on any atom is -0.129 e. The fourth-order valence-corrected chi connectivity index (χ4v) is 2.26. The Labute approximate surface area is 84.0 Å². The SMILES string of the molecule is C=Cc1ccc(SC)c(C2CC2)c1. The van der Waals surface area contributed by atoms with Crippen LogP contribution in [0, 0.1) is 0 Å². The molecule has 1 heteroatoms. The van der Waals surface area contributed by atoms with Gasteiger partial charge < -0.3 is 0 Å². The van der Waals surface area contributed by atoms with Gasteiger partial charge in [-0.3, -0.25) is 0 Å². The summed E-state index contributed by atoms with van der Waals surface area (Å²) in [5, 5.41) is 0. The smallest absolute Gasteiger partial charge is 0.0104 e. The molecule has 0 amide bonds. The molecular formula is C12H14S. The van der Waals surface area contributed by atoms with Gasteiger partial charge in [-0.1, -0.05) is 24.8 Å². The summed E-state index contributed by atoms with van der Waals surface area (Å²) in [6.07, 6.45) is 6.81. The van der Waals surface area contributed by atoms with Crippen LogP contribution in [0.2, 0.25) is 0 Å². The molecule has 1 aromatic carbocycles. The van der Waals surface area contributed by atoms with Crippen molar-refractivity contribution in [1.29, 1.82) is 0 Å². The zero-order valence-corrected chi connectivity index (χ0v) is 8.73. The Hall–Kier alpha value is -0.690. The van der Waals surface area contributed by atoms with E-state index in [1.54, 1.807) is 0 Å². The lowest BCUT2D eigenvalue weighted by molar-refractivity contribution is 1.07. The van der Waals surface area contributed by atoms with E-state index in [0.717, 1.165) is 5.92 Å². The largest absolute Gasteiger partial charge is 0.129 e. The van der Waals surface area contributed by atoms with Crippen molar-refractivity contribution < 1.29 is 0 Å². The topological polar surface area (TPSA) is 0 Å². The molecule has 0 aliphatic heterocycles.